The number of carbonyl (C=O) groups is 7. The molecule has 0 unspecified atom stereocenters. The van der Waals surface area contributed by atoms with Gasteiger partial charge in [-0.25, -0.2) is 18.8 Å². The molecule has 0 bridgehead atoms. The second kappa shape index (κ2) is 39.8. The number of rotatable bonds is 25. The highest BCUT2D eigenvalue weighted by molar-refractivity contribution is 7.99. The number of aromatic hydroxyl groups is 5. The molecule has 13 rings (SSSR count). The van der Waals surface area contributed by atoms with Gasteiger partial charge in [-0.15, -0.1) is 16.9 Å². The minimum atomic E-state index is -1.35. The molecule has 0 aliphatic rings. The maximum atomic E-state index is 13.5. The van der Waals surface area contributed by atoms with Crippen molar-refractivity contribution >= 4 is 126 Å². The van der Waals surface area contributed by atoms with E-state index in [1.807, 2.05) is 126 Å². The fourth-order valence-corrected chi connectivity index (χ4v) is 13.3. The number of hydrogen-bond acceptors (Lipinski definition) is 24. The van der Waals surface area contributed by atoms with Gasteiger partial charge in [0, 0.05) is 72.9 Å². The van der Waals surface area contributed by atoms with Crippen LogP contribution in [0.2, 0.25) is 0 Å². The van der Waals surface area contributed by atoms with Crippen LogP contribution in [-0.2, 0) is 28.0 Å². The van der Waals surface area contributed by atoms with Crippen LogP contribution >= 0.6 is 24.0 Å². The number of aromatic carboxylic acids is 1. The van der Waals surface area contributed by atoms with Crippen LogP contribution in [0.25, 0.3) is 48.8 Å². The van der Waals surface area contributed by atoms with E-state index in [1.54, 1.807) is 79.8 Å². The van der Waals surface area contributed by atoms with Gasteiger partial charge in [0.2, 0.25) is 10.7 Å². The maximum absolute atomic E-state index is 13.5. The number of aromatic nitrogens is 5. The highest BCUT2D eigenvalue weighted by Gasteiger charge is 2.29. The number of azo groups is 1. The third kappa shape index (κ3) is 20.6. The Morgan fingerprint density at radius 2 is 1.22 bits per heavy atom. The molecule has 618 valence electrons. The van der Waals surface area contributed by atoms with E-state index in [-0.39, 0.29) is 93.1 Å². The lowest BCUT2D eigenvalue weighted by Crippen LogP contribution is -2.39. The van der Waals surface area contributed by atoms with Gasteiger partial charge in [0.1, 0.15) is 78.0 Å². The van der Waals surface area contributed by atoms with E-state index < -0.39 is 59.4 Å². The Hall–Kier alpha value is -14.7. The number of thioether (sulfide) groups is 1. The Morgan fingerprint density at radius 3 is 1.87 bits per heavy atom. The molecule has 2 heterocycles. The number of aldehydes is 1. The van der Waals surface area contributed by atoms with Crippen LogP contribution < -0.4 is 35.6 Å². The van der Waals surface area contributed by atoms with Crippen molar-refractivity contribution in [1.82, 2.24) is 29.3 Å². The number of carboxylic acid groups (broad SMARTS) is 2. The van der Waals surface area contributed by atoms with Gasteiger partial charge in [0.05, 0.1) is 42.0 Å². The molecular formula is C88H84N10O20S2. The summed E-state index contributed by atoms with van der Waals surface area (Å²) in [6, 6.07) is 53.0. The van der Waals surface area contributed by atoms with E-state index in [2.05, 4.69) is 26.0 Å². The predicted octanol–water partition coefficient (Wildman–Crippen LogP) is 15.9. The topological polar surface area (TPSA) is 431 Å². The number of hydrogen-bond donors (Lipinski definition) is 9. The molecule has 0 fully saturated rings. The highest BCUT2D eigenvalue weighted by atomic mass is 32.2. The SMILES string of the molecule is COC(=O)CN(Cn1nnn(C)c1=S)C(=O)Oc1cc(C(=O)Nc2ccccc2C)c(O)c2ccccc12.Cc1c(C(N)=O)c(O)n(-c2ccccc2C(=O)O)c(=O)c1N=Nc1ccc(OCCOc2cc(C(C)C)c(O)c3ccccc23)cc1.Cc1cc(OCCSCC(=O)O)c2c(C)cccc2c1O.Cc1ccc2c(C=O)cccc2c1O. The number of amides is 3. The van der Waals surface area contributed by atoms with Gasteiger partial charge in [-0.05, 0) is 151 Å². The Balaban J connectivity index is 0.000000183. The van der Waals surface area contributed by atoms with Crippen molar-refractivity contribution < 1.29 is 93.0 Å². The highest BCUT2D eigenvalue weighted by Crippen LogP contribution is 2.42. The molecule has 32 heteroatoms. The lowest BCUT2D eigenvalue weighted by Gasteiger charge is -2.21. The van der Waals surface area contributed by atoms with E-state index >= 15 is 0 Å². The summed E-state index contributed by atoms with van der Waals surface area (Å²) in [6.07, 6.45) is -0.138. The summed E-state index contributed by atoms with van der Waals surface area (Å²) in [6.45, 7) is 13.1. The average molecular weight is 1670 g/mol. The Kier molecular flexibility index (Phi) is 29.1. The number of tetrazole rings is 1. The third-order valence-corrected chi connectivity index (χ3v) is 20.2. The fourth-order valence-electron chi connectivity index (χ4n) is 12.6. The first-order valence-electron chi connectivity index (χ1n) is 37.0. The number of primary amides is 1. The molecule has 2 aromatic heterocycles. The minimum absolute atomic E-state index is 0.00376. The third-order valence-electron chi connectivity index (χ3n) is 18.8. The Morgan fingerprint density at radius 1 is 0.617 bits per heavy atom. The molecule has 13 aromatic rings. The van der Waals surface area contributed by atoms with E-state index in [9.17, 15) is 69.0 Å². The van der Waals surface area contributed by atoms with Crippen LogP contribution in [0.1, 0.15) is 94.6 Å². The van der Waals surface area contributed by atoms with Crippen LogP contribution in [0, 0.1) is 39.4 Å². The van der Waals surface area contributed by atoms with Crippen LogP contribution in [0.4, 0.5) is 21.9 Å². The Bertz CT molecular complexity index is 6250. The normalized spacial score (nSPS) is 10.9. The molecular weight excluding hydrogens is 1580 g/mol. The van der Waals surface area contributed by atoms with Crippen molar-refractivity contribution in [3.63, 3.8) is 0 Å². The molecule has 0 radical (unpaired) electrons. The number of carboxylic acids is 2. The number of phenols is 4. The molecule has 10 N–H and O–H groups in total. The molecule has 0 spiro atoms. The summed E-state index contributed by atoms with van der Waals surface area (Å²) in [5, 5.41) is 94.6. The number of esters is 1. The van der Waals surface area contributed by atoms with Crippen LogP contribution in [0.5, 0.6) is 51.9 Å². The summed E-state index contributed by atoms with van der Waals surface area (Å²) in [4.78, 5) is 98.2. The molecule has 30 nitrogen and oxygen atoms in total. The predicted molar refractivity (Wildman–Crippen MR) is 456 cm³/mol. The van der Waals surface area contributed by atoms with Crippen LogP contribution in [-0.4, -0.2) is 152 Å². The van der Waals surface area contributed by atoms with Gasteiger partial charge in [-0.1, -0.05) is 141 Å². The fraction of sp³-hybridized carbons (Fsp3) is 0.193. The first kappa shape index (κ1) is 87.7. The second-order valence-electron chi connectivity index (χ2n) is 27.3. The van der Waals surface area contributed by atoms with E-state index in [1.165, 1.54) is 65.5 Å². The number of aryl methyl sites for hydroxylation is 5. The van der Waals surface area contributed by atoms with Crippen molar-refractivity contribution in [2.24, 2.45) is 23.0 Å². The standard InChI is InChI=1S/C35H32N4O8.C25H24N6O6S.C16H18O4S.C12H10O2/c1-19(2)26-18-28(23-8-4-5-9-24(23)31(26)40)47-17-16-46-22-14-12-21(13-15-22)37-38-30-20(3)29(32(36)41)33(42)39(34(30)43)27-11-7-6-10-25(27)35(44)45;1-15-8-4-7-11-19(15)26-23(34)18-12-20(16-9-5-6-10-17(16)22(18)33)37-25(35)30(13-21(32)36-3)14-31-24(38)29(2)27-28-31;1-10-4-3-5-12-15(10)13(8-11(2)16(12)19)20-6-7-21-9-14(17)18;1-8-5-6-10-9(7-13)3-2-4-11(10)12(8)14/h4-15,18-19,40,42H,16-17H2,1-3H3,(H2,36,41)(H,44,45);4-12,33H,13-14H2,1-3H3,(H,26,34);3-5,8,19H,6-7,9H2,1-2H3,(H,17,18);2-7,14H,1H3. The van der Waals surface area contributed by atoms with Crippen molar-refractivity contribution in [3.8, 4) is 57.6 Å². The molecule has 0 saturated heterocycles. The summed E-state index contributed by atoms with van der Waals surface area (Å²) in [7, 11) is 2.77. The van der Waals surface area contributed by atoms with Crippen molar-refractivity contribution in [2.45, 2.75) is 61.1 Å². The number of anilines is 1. The lowest BCUT2D eigenvalue weighted by molar-refractivity contribution is -0.142. The average Bonchev–Trinajstić information content (AvgIpc) is 0.793. The van der Waals surface area contributed by atoms with Gasteiger partial charge < -0.3 is 70.5 Å². The lowest BCUT2D eigenvalue weighted by atomic mass is 9.97. The molecule has 0 aliphatic carbocycles. The van der Waals surface area contributed by atoms with Crippen molar-refractivity contribution in [1.29, 1.82) is 0 Å². The van der Waals surface area contributed by atoms with Gasteiger partial charge in [0.25, 0.3) is 17.4 Å². The Labute approximate surface area is 695 Å². The molecule has 0 aliphatic heterocycles. The number of carbonyl (C=O) groups excluding carboxylic acids is 5. The van der Waals surface area contributed by atoms with Gasteiger partial charge in [-0.2, -0.15) is 9.80 Å². The molecule has 11 aromatic carbocycles. The second-order valence-corrected chi connectivity index (χ2v) is 28.8. The molecule has 120 heavy (non-hydrogen) atoms. The number of nitrogens with two attached hydrogens (primary N) is 1. The van der Waals surface area contributed by atoms with Gasteiger partial charge in [-0.3, -0.25) is 33.7 Å². The maximum Gasteiger partial charge on any atom is 0.417 e. The number of nitrogens with one attached hydrogen (secondary N) is 1. The van der Waals surface area contributed by atoms with Crippen LogP contribution in [0.3, 0.4) is 0 Å². The first-order chi connectivity index (χ1) is 57.4. The number of nitrogens with zero attached hydrogens (tertiary/aromatic N) is 8. The number of fused-ring (bicyclic) bond motifs is 4. The van der Waals surface area contributed by atoms with Crippen LogP contribution in [0.15, 0.2) is 203 Å². The number of pyridine rings is 1. The molecule has 0 atom stereocenters. The number of benzene rings is 11. The number of methoxy groups -OCH3 is 1. The number of aliphatic carboxylic acids is 1. The quantitative estimate of drug-likeness (QED) is 0.00843. The number of ether oxygens (including phenoxy) is 5. The van der Waals surface area contributed by atoms with E-state index in [0.29, 0.717) is 56.1 Å². The molecule has 3 amide bonds. The smallest absolute Gasteiger partial charge is 0.417 e. The number of phenolic OH excluding ortho intramolecular Hbond substituents is 4. The van der Waals surface area contributed by atoms with E-state index in [4.69, 9.17) is 46.7 Å². The minimum Gasteiger partial charge on any atom is -0.507 e. The summed E-state index contributed by atoms with van der Waals surface area (Å²) >= 11 is 6.55. The number of para-hydroxylation sites is 2. The van der Waals surface area contributed by atoms with Crippen molar-refractivity contribution in [2.75, 3.05) is 50.3 Å². The first-order valence-corrected chi connectivity index (χ1v) is 38.5. The largest absolute Gasteiger partial charge is 0.507 e. The van der Waals surface area contributed by atoms with Crippen molar-refractivity contribution in [3.05, 3.63) is 259 Å². The summed E-state index contributed by atoms with van der Waals surface area (Å²) in [5.41, 5.74) is 9.07. The summed E-state index contributed by atoms with van der Waals surface area (Å²) < 4.78 is 31.4. The zero-order chi connectivity index (χ0) is 86.8. The zero-order valence-corrected chi connectivity index (χ0v) is 68.0. The molecule has 0 saturated carbocycles. The monoisotopic (exact) mass is 1660 g/mol. The summed E-state index contributed by atoms with van der Waals surface area (Å²) in [5.74, 6) is -2.11. The zero-order valence-electron chi connectivity index (χ0n) is 66.4. The van der Waals surface area contributed by atoms with Gasteiger partial charge in [0.15, 0.2) is 12.0 Å². The van der Waals surface area contributed by atoms with E-state index in [0.717, 1.165) is 77.1 Å². The van der Waals surface area contributed by atoms with Gasteiger partial charge >= 0.3 is 24.0 Å².